The van der Waals surface area contributed by atoms with Crippen molar-refractivity contribution < 1.29 is 19.4 Å². The molecule has 0 amide bonds. The van der Waals surface area contributed by atoms with Crippen molar-refractivity contribution in [2.24, 2.45) is 10.2 Å². The van der Waals surface area contributed by atoms with E-state index < -0.39 is 11.9 Å². The van der Waals surface area contributed by atoms with Gasteiger partial charge in [-0.1, -0.05) is 6.07 Å². The van der Waals surface area contributed by atoms with Crippen molar-refractivity contribution in [3.63, 3.8) is 0 Å². The van der Waals surface area contributed by atoms with Crippen molar-refractivity contribution in [2.45, 2.75) is 20.3 Å². The quantitative estimate of drug-likeness (QED) is 0.673. The highest BCUT2D eigenvalue weighted by molar-refractivity contribution is 5.71. The van der Waals surface area contributed by atoms with Crippen molar-refractivity contribution in [3.8, 4) is 5.75 Å². The van der Waals surface area contributed by atoms with E-state index in [1.54, 1.807) is 18.2 Å². The molecule has 0 saturated carbocycles. The number of esters is 1. The number of carbonyl (C=O) groups excluding carboxylic acids is 1. The van der Waals surface area contributed by atoms with Gasteiger partial charge in [0.1, 0.15) is 5.69 Å². The molecule has 0 aliphatic rings. The van der Waals surface area contributed by atoms with Gasteiger partial charge in [-0.3, -0.25) is 14.6 Å². The minimum absolute atomic E-state index is 0.0707. The van der Waals surface area contributed by atoms with Gasteiger partial charge in [0.2, 0.25) is 0 Å². The minimum Gasteiger partial charge on any atom is -0.481 e. The Morgan fingerprint density at radius 1 is 1.17 bits per heavy atom. The van der Waals surface area contributed by atoms with E-state index in [4.69, 9.17) is 9.84 Å². The Balaban J connectivity index is 2.20. The fourth-order valence-corrected chi connectivity index (χ4v) is 1.87. The molecule has 23 heavy (non-hydrogen) atoms. The van der Waals surface area contributed by atoms with Crippen LogP contribution in [0.5, 0.6) is 5.75 Å². The first kappa shape index (κ1) is 16.3. The van der Waals surface area contributed by atoms with E-state index in [1.807, 2.05) is 6.92 Å². The topological polar surface area (TPSA) is 101 Å². The molecular formula is C16H15N3O4. The molecule has 0 aliphatic heterocycles. The summed E-state index contributed by atoms with van der Waals surface area (Å²) in [5.41, 5.74) is 2.51. The number of pyridine rings is 1. The Morgan fingerprint density at radius 2 is 1.91 bits per heavy atom. The van der Waals surface area contributed by atoms with Gasteiger partial charge in [0, 0.05) is 13.0 Å². The highest BCUT2D eigenvalue weighted by atomic mass is 16.5. The van der Waals surface area contributed by atoms with Crippen LogP contribution < -0.4 is 4.74 Å². The van der Waals surface area contributed by atoms with E-state index in [-0.39, 0.29) is 12.2 Å². The molecule has 1 aromatic carbocycles. The van der Waals surface area contributed by atoms with Crippen LogP contribution in [0.25, 0.3) is 0 Å². The molecule has 7 nitrogen and oxygen atoms in total. The largest absolute Gasteiger partial charge is 0.481 e. The smallest absolute Gasteiger partial charge is 0.308 e. The van der Waals surface area contributed by atoms with Crippen LogP contribution in [0.1, 0.15) is 18.1 Å². The lowest BCUT2D eigenvalue weighted by atomic mass is 10.1. The van der Waals surface area contributed by atoms with E-state index in [1.165, 1.54) is 25.4 Å². The molecule has 7 heteroatoms. The Bertz CT molecular complexity index is 772. The monoisotopic (exact) mass is 313 g/mol. The van der Waals surface area contributed by atoms with Crippen LogP contribution in [0, 0.1) is 6.92 Å². The maximum absolute atomic E-state index is 10.9. The maximum atomic E-state index is 10.9. The number of hydrogen-bond acceptors (Lipinski definition) is 6. The van der Waals surface area contributed by atoms with Crippen molar-refractivity contribution in [1.82, 2.24) is 4.98 Å². The molecule has 2 aromatic rings. The van der Waals surface area contributed by atoms with Crippen LogP contribution >= 0.6 is 0 Å². The van der Waals surface area contributed by atoms with Gasteiger partial charge in [-0.15, -0.1) is 5.11 Å². The predicted octanol–water partition coefficient (Wildman–Crippen LogP) is 3.36. The summed E-state index contributed by atoms with van der Waals surface area (Å²) in [7, 11) is 0. The summed E-state index contributed by atoms with van der Waals surface area (Å²) >= 11 is 0. The fraction of sp³-hybridized carbons (Fsp3) is 0.188. The molecule has 0 saturated heterocycles. The van der Waals surface area contributed by atoms with Gasteiger partial charge >= 0.3 is 11.9 Å². The number of nitrogens with zero attached hydrogens (tertiary/aromatic N) is 3. The molecule has 1 aromatic heterocycles. The molecule has 118 valence electrons. The Morgan fingerprint density at radius 3 is 2.61 bits per heavy atom. The zero-order chi connectivity index (χ0) is 16.8. The number of azo groups is 1. The molecule has 0 fully saturated rings. The molecule has 2 rings (SSSR count). The van der Waals surface area contributed by atoms with Gasteiger partial charge < -0.3 is 9.84 Å². The van der Waals surface area contributed by atoms with E-state index in [9.17, 15) is 9.59 Å². The zero-order valence-corrected chi connectivity index (χ0v) is 12.7. The molecule has 0 unspecified atom stereocenters. The van der Waals surface area contributed by atoms with Crippen molar-refractivity contribution in [1.29, 1.82) is 0 Å². The summed E-state index contributed by atoms with van der Waals surface area (Å²) in [6.07, 6.45) is 2.80. The van der Waals surface area contributed by atoms with Crippen molar-refractivity contribution in [3.05, 3.63) is 47.8 Å². The summed E-state index contributed by atoms with van der Waals surface area (Å²) < 4.78 is 4.92. The zero-order valence-electron chi connectivity index (χ0n) is 12.7. The van der Waals surface area contributed by atoms with Crippen LogP contribution in [0.2, 0.25) is 0 Å². The van der Waals surface area contributed by atoms with Crippen LogP contribution in [-0.4, -0.2) is 22.0 Å². The number of ether oxygens (including phenoxy) is 1. The first-order valence-corrected chi connectivity index (χ1v) is 6.80. The second kappa shape index (κ2) is 7.26. The lowest BCUT2D eigenvalue weighted by Crippen LogP contribution is -2.01. The average molecular weight is 313 g/mol. The summed E-state index contributed by atoms with van der Waals surface area (Å²) in [6.45, 7) is 3.14. The number of carboxylic acid groups (broad SMARTS) is 1. The first-order chi connectivity index (χ1) is 10.9. The molecule has 0 atom stereocenters. The Kier molecular flexibility index (Phi) is 5.14. The number of carbonyl (C=O) groups is 2. The minimum atomic E-state index is -0.902. The highest BCUT2D eigenvalue weighted by Gasteiger charge is 2.05. The number of aryl methyl sites for hydroxylation is 1. The third kappa shape index (κ3) is 4.99. The van der Waals surface area contributed by atoms with Gasteiger partial charge in [0.05, 0.1) is 24.5 Å². The number of aliphatic carboxylic acids is 1. The van der Waals surface area contributed by atoms with E-state index in [0.717, 1.165) is 5.56 Å². The van der Waals surface area contributed by atoms with Gasteiger partial charge in [-0.05, 0) is 30.2 Å². The lowest BCUT2D eigenvalue weighted by Gasteiger charge is -2.03. The predicted molar refractivity (Wildman–Crippen MR) is 82.2 cm³/mol. The average Bonchev–Trinajstić information content (AvgIpc) is 2.47. The number of aromatic nitrogens is 1. The number of rotatable bonds is 5. The Labute approximate surface area is 132 Å². The van der Waals surface area contributed by atoms with Crippen LogP contribution in [0.3, 0.4) is 0 Å². The molecular weight excluding hydrogens is 298 g/mol. The highest BCUT2D eigenvalue weighted by Crippen LogP contribution is 2.23. The standard InChI is InChI=1S/C16H15N3O4/c1-10-3-4-13(5-12(10)6-16(21)22)18-19-14-7-15(9-17-8-14)23-11(2)20/h3-5,7-9H,6H2,1-2H3,(H,21,22). The summed E-state index contributed by atoms with van der Waals surface area (Å²) in [6, 6.07) is 6.74. The van der Waals surface area contributed by atoms with Gasteiger partial charge in [0.15, 0.2) is 5.75 Å². The van der Waals surface area contributed by atoms with Gasteiger partial charge in [-0.2, -0.15) is 5.11 Å². The molecule has 1 N–H and O–H groups in total. The Hall–Kier alpha value is -3.09. The SMILES string of the molecule is CC(=O)Oc1cncc(N=Nc2ccc(C)c(CC(=O)O)c2)c1. The van der Waals surface area contributed by atoms with Crippen LogP contribution in [0.4, 0.5) is 11.4 Å². The van der Waals surface area contributed by atoms with Crippen molar-refractivity contribution in [2.75, 3.05) is 0 Å². The molecule has 0 bridgehead atoms. The third-order valence-electron chi connectivity index (χ3n) is 2.92. The second-order valence-corrected chi connectivity index (χ2v) is 4.85. The van der Waals surface area contributed by atoms with E-state index >= 15 is 0 Å². The van der Waals surface area contributed by atoms with E-state index in [0.29, 0.717) is 16.9 Å². The first-order valence-electron chi connectivity index (χ1n) is 6.80. The molecule has 0 radical (unpaired) electrons. The van der Waals surface area contributed by atoms with Crippen molar-refractivity contribution >= 4 is 23.3 Å². The van der Waals surface area contributed by atoms with Gasteiger partial charge in [0.25, 0.3) is 0 Å². The molecule has 1 heterocycles. The number of benzene rings is 1. The lowest BCUT2D eigenvalue weighted by molar-refractivity contribution is -0.136. The second-order valence-electron chi connectivity index (χ2n) is 4.85. The normalized spacial score (nSPS) is 10.7. The third-order valence-corrected chi connectivity index (χ3v) is 2.92. The molecule has 0 aliphatic carbocycles. The van der Waals surface area contributed by atoms with Gasteiger partial charge in [-0.25, -0.2) is 0 Å². The number of hydrogen-bond donors (Lipinski definition) is 1. The summed E-state index contributed by atoms with van der Waals surface area (Å²) in [4.78, 5) is 25.7. The summed E-state index contributed by atoms with van der Waals surface area (Å²) in [5, 5.41) is 17.0. The number of carboxylic acids is 1. The molecule has 0 spiro atoms. The maximum Gasteiger partial charge on any atom is 0.308 e. The fourth-order valence-electron chi connectivity index (χ4n) is 1.87. The van der Waals surface area contributed by atoms with Crippen LogP contribution in [-0.2, 0) is 16.0 Å². The van der Waals surface area contributed by atoms with Crippen LogP contribution in [0.15, 0.2) is 46.9 Å². The van der Waals surface area contributed by atoms with E-state index in [2.05, 4.69) is 15.2 Å². The summed E-state index contributed by atoms with van der Waals surface area (Å²) in [5.74, 6) is -1.07.